The molecule has 0 bridgehead atoms. The molecule has 0 spiro atoms. The summed E-state index contributed by atoms with van der Waals surface area (Å²) < 4.78 is 18.4. The second-order valence-electron chi connectivity index (χ2n) is 4.83. The van der Waals surface area contributed by atoms with Crippen molar-refractivity contribution in [3.05, 3.63) is 53.7 Å². The summed E-state index contributed by atoms with van der Waals surface area (Å²) in [5, 5.41) is 5.69. The third-order valence-corrected chi connectivity index (χ3v) is 3.11. The number of benzene rings is 1. The van der Waals surface area contributed by atoms with E-state index in [1.54, 1.807) is 25.3 Å². The zero-order valence-corrected chi connectivity index (χ0v) is 12.9. The number of carbonyl (C=O) groups excluding carboxylic acids is 1. The second kappa shape index (κ2) is 8.79. The van der Waals surface area contributed by atoms with Gasteiger partial charge in [-0.15, -0.1) is 0 Å². The molecule has 0 unspecified atom stereocenters. The van der Waals surface area contributed by atoms with Crippen LogP contribution < -0.4 is 10.6 Å². The fourth-order valence-electron chi connectivity index (χ4n) is 1.87. The van der Waals surface area contributed by atoms with E-state index in [-0.39, 0.29) is 17.4 Å². The molecule has 1 amide bonds. The summed E-state index contributed by atoms with van der Waals surface area (Å²) in [5.41, 5.74) is 0.771. The van der Waals surface area contributed by atoms with Crippen molar-refractivity contribution in [3.63, 3.8) is 0 Å². The first-order valence-electron chi connectivity index (χ1n) is 7.27. The lowest BCUT2D eigenvalue weighted by Crippen LogP contribution is -2.26. The average Bonchev–Trinajstić information content (AvgIpc) is 2.58. The normalized spacial score (nSPS) is 10.3. The number of carbonyl (C=O) groups is 1. The van der Waals surface area contributed by atoms with Gasteiger partial charge in [0.2, 0.25) is 0 Å². The maximum Gasteiger partial charge on any atom is 0.271 e. The van der Waals surface area contributed by atoms with Crippen molar-refractivity contribution in [2.75, 3.05) is 25.6 Å². The summed E-state index contributed by atoms with van der Waals surface area (Å²) in [6, 6.07) is 6.50. The van der Waals surface area contributed by atoms with Crippen LogP contribution in [0.15, 0.2) is 36.7 Å². The Morgan fingerprint density at radius 3 is 2.78 bits per heavy atom. The van der Waals surface area contributed by atoms with Crippen molar-refractivity contribution >= 4 is 11.7 Å². The number of hydrogen-bond donors (Lipinski definition) is 2. The minimum absolute atomic E-state index is 0.235. The number of anilines is 1. The molecule has 0 saturated carbocycles. The molecule has 7 heteroatoms. The van der Waals surface area contributed by atoms with Crippen LogP contribution in [0, 0.1) is 5.82 Å². The summed E-state index contributed by atoms with van der Waals surface area (Å²) in [6.07, 6.45) is 3.57. The monoisotopic (exact) mass is 318 g/mol. The maximum atomic E-state index is 13.5. The van der Waals surface area contributed by atoms with Gasteiger partial charge in [-0.2, -0.15) is 0 Å². The van der Waals surface area contributed by atoms with E-state index in [1.165, 1.54) is 18.5 Å². The molecule has 1 aromatic carbocycles. The number of rotatable bonds is 8. The summed E-state index contributed by atoms with van der Waals surface area (Å²) >= 11 is 0. The molecule has 122 valence electrons. The molecule has 0 atom stereocenters. The predicted octanol–water partition coefficient (Wildman–Crippen LogP) is 1.99. The highest BCUT2D eigenvalue weighted by molar-refractivity contribution is 5.91. The largest absolute Gasteiger partial charge is 0.385 e. The Kier molecular flexibility index (Phi) is 6.43. The van der Waals surface area contributed by atoms with Crippen LogP contribution in [0.5, 0.6) is 0 Å². The van der Waals surface area contributed by atoms with Gasteiger partial charge in [0.15, 0.2) is 0 Å². The molecule has 0 aliphatic rings. The Labute approximate surface area is 134 Å². The number of halogens is 1. The predicted molar refractivity (Wildman–Crippen MR) is 84.6 cm³/mol. The number of amides is 1. The van der Waals surface area contributed by atoms with Crippen molar-refractivity contribution in [1.29, 1.82) is 0 Å². The van der Waals surface area contributed by atoms with Gasteiger partial charge < -0.3 is 15.4 Å². The van der Waals surface area contributed by atoms with Crippen LogP contribution >= 0.6 is 0 Å². The number of hydrogen-bond acceptors (Lipinski definition) is 5. The molecule has 1 aromatic heterocycles. The van der Waals surface area contributed by atoms with Gasteiger partial charge >= 0.3 is 0 Å². The third kappa shape index (κ3) is 5.30. The van der Waals surface area contributed by atoms with E-state index in [2.05, 4.69) is 20.6 Å². The van der Waals surface area contributed by atoms with E-state index in [1.807, 2.05) is 0 Å². The van der Waals surface area contributed by atoms with Crippen LogP contribution in [-0.4, -0.2) is 36.1 Å². The highest BCUT2D eigenvalue weighted by Crippen LogP contribution is 2.09. The van der Waals surface area contributed by atoms with Gasteiger partial charge in [0.1, 0.15) is 17.3 Å². The quantitative estimate of drug-likeness (QED) is 0.728. The first kappa shape index (κ1) is 16.8. The number of aromatic nitrogens is 2. The van der Waals surface area contributed by atoms with E-state index in [0.717, 1.165) is 6.42 Å². The van der Waals surface area contributed by atoms with E-state index in [9.17, 15) is 9.18 Å². The maximum absolute atomic E-state index is 13.5. The smallest absolute Gasteiger partial charge is 0.271 e. The molecule has 2 aromatic rings. The molecule has 0 radical (unpaired) electrons. The van der Waals surface area contributed by atoms with Crippen molar-refractivity contribution in [2.45, 2.75) is 13.0 Å². The fourth-order valence-corrected chi connectivity index (χ4v) is 1.87. The summed E-state index contributed by atoms with van der Waals surface area (Å²) in [7, 11) is 1.61. The van der Waals surface area contributed by atoms with Gasteiger partial charge in [0.25, 0.3) is 5.91 Å². The molecular formula is C16H19FN4O2. The molecule has 0 fully saturated rings. The van der Waals surface area contributed by atoms with Crippen LogP contribution in [0.4, 0.5) is 10.2 Å². The highest BCUT2D eigenvalue weighted by atomic mass is 19.1. The van der Waals surface area contributed by atoms with Crippen molar-refractivity contribution in [1.82, 2.24) is 15.3 Å². The van der Waals surface area contributed by atoms with E-state index in [4.69, 9.17) is 4.74 Å². The molecule has 2 rings (SSSR count). The third-order valence-electron chi connectivity index (χ3n) is 3.11. The van der Waals surface area contributed by atoms with Gasteiger partial charge in [0, 0.05) is 32.4 Å². The van der Waals surface area contributed by atoms with Crippen molar-refractivity contribution in [2.24, 2.45) is 0 Å². The van der Waals surface area contributed by atoms with Crippen molar-refractivity contribution < 1.29 is 13.9 Å². The minimum Gasteiger partial charge on any atom is -0.385 e. The SMILES string of the molecule is COCCCNC(=O)c1cnc(NCc2ccccc2F)cn1. The number of nitrogens with one attached hydrogen (secondary N) is 2. The van der Waals surface area contributed by atoms with E-state index in [0.29, 0.717) is 31.1 Å². The van der Waals surface area contributed by atoms with Gasteiger partial charge in [-0.25, -0.2) is 14.4 Å². The fraction of sp³-hybridized carbons (Fsp3) is 0.312. The molecule has 0 aliphatic carbocycles. The molecular weight excluding hydrogens is 299 g/mol. The standard InChI is InChI=1S/C16H19FN4O2/c1-23-8-4-7-18-16(22)14-10-21-15(11-19-14)20-9-12-5-2-3-6-13(12)17/h2-3,5-6,10-11H,4,7-9H2,1H3,(H,18,22)(H,20,21). The Hall–Kier alpha value is -2.54. The van der Waals surface area contributed by atoms with Crippen molar-refractivity contribution in [3.8, 4) is 0 Å². The van der Waals surface area contributed by atoms with Crippen LogP contribution in [0.25, 0.3) is 0 Å². The lowest BCUT2D eigenvalue weighted by Gasteiger charge is -2.07. The zero-order valence-electron chi connectivity index (χ0n) is 12.9. The molecule has 6 nitrogen and oxygen atoms in total. The summed E-state index contributed by atoms with van der Waals surface area (Å²) in [4.78, 5) is 20.0. The minimum atomic E-state index is -0.283. The summed E-state index contributed by atoms with van der Waals surface area (Å²) in [6.45, 7) is 1.40. The van der Waals surface area contributed by atoms with Gasteiger partial charge in [0.05, 0.1) is 12.4 Å². The molecule has 1 heterocycles. The lowest BCUT2D eigenvalue weighted by atomic mass is 10.2. The van der Waals surface area contributed by atoms with Crippen LogP contribution in [0.3, 0.4) is 0 Å². The van der Waals surface area contributed by atoms with Gasteiger partial charge in [-0.05, 0) is 12.5 Å². The van der Waals surface area contributed by atoms with Crippen LogP contribution in [0.1, 0.15) is 22.5 Å². The number of nitrogens with zero attached hydrogens (tertiary/aromatic N) is 2. The van der Waals surface area contributed by atoms with E-state index >= 15 is 0 Å². The first-order valence-corrected chi connectivity index (χ1v) is 7.27. The number of ether oxygens (including phenoxy) is 1. The highest BCUT2D eigenvalue weighted by Gasteiger charge is 2.07. The Morgan fingerprint density at radius 1 is 1.26 bits per heavy atom. The van der Waals surface area contributed by atoms with Gasteiger partial charge in [-0.1, -0.05) is 18.2 Å². The Balaban J connectivity index is 1.84. The Bertz CT molecular complexity index is 634. The average molecular weight is 318 g/mol. The van der Waals surface area contributed by atoms with Gasteiger partial charge in [-0.3, -0.25) is 4.79 Å². The Morgan fingerprint density at radius 2 is 2.09 bits per heavy atom. The van der Waals surface area contributed by atoms with Crippen LogP contribution in [0.2, 0.25) is 0 Å². The van der Waals surface area contributed by atoms with Crippen LogP contribution in [-0.2, 0) is 11.3 Å². The summed E-state index contributed by atoms with van der Waals surface area (Å²) in [5.74, 6) is -0.0848. The second-order valence-corrected chi connectivity index (χ2v) is 4.83. The molecule has 2 N–H and O–H groups in total. The molecule has 23 heavy (non-hydrogen) atoms. The number of methoxy groups -OCH3 is 1. The lowest BCUT2D eigenvalue weighted by molar-refractivity contribution is 0.0943. The molecule has 0 saturated heterocycles. The topological polar surface area (TPSA) is 76.1 Å². The zero-order chi connectivity index (χ0) is 16.5. The molecule has 0 aliphatic heterocycles. The van der Waals surface area contributed by atoms with E-state index < -0.39 is 0 Å². The first-order chi connectivity index (χ1) is 11.2.